The van der Waals surface area contributed by atoms with Crippen molar-refractivity contribution in [2.75, 3.05) is 6.54 Å². The van der Waals surface area contributed by atoms with E-state index in [1.807, 2.05) is 0 Å². The van der Waals surface area contributed by atoms with Crippen molar-refractivity contribution in [1.29, 1.82) is 0 Å². The van der Waals surface area contributed by atoms with E-state index in [-0.39, 0.29) is 0 Å². The van der Waals surface area contributed by atoms with Gasteiger partial charge >= 0.3 is 0 Å². The van der Waals surface area contributed by atoms with Crippen LogP contribution in [-0.4, -0.2) is 12.1 Å². The molecule has 1 aliphatic carbocycles. The van der Waals surface area contributed by atoms with Gasteiger partial charge in [-0.15, -0.1) is 0 Å². The Hall–Kier alpha value is -0.0400. The summed E-state index contributed by atoms with van der Waals surface area (Å²) < 4.78 is 0. The van der Waals surface area contributed by atoms with Gasteiger partial charge in [0.15, 0.2) is 0 Å². The summed E-state index contributed by atoms with van der Waals surface area (Å²) in [4.78, 5) is 0. The zero-order valence-corrected chi connectivity index (χ0v) is 6.53. The maximum absolute atomic E-state index is 3.64. The second kappa shape index (κ2) is 2.54. The van der Waals surface area contributed by atoms with Gasteiger partial charge in [0.25, 0.3) is 0 Å². The van der Waals surface area contributed by atoms with Gasteiger partial charge in [-0.1, -0.05) is 12.8 Å². The molecule has 1 spiro atoms. The first kappa shape index (κ1) is 6.66. The van der Waals surface area contributed by atoms with E-state index in [9.17, 15) is 0 Å². The Balaban J connectivity index is 1.98. The van der Waals surface area contributed by atoms with Gasteiger partial charge in [0.1, 0.15) is 0 Å². The molecular weight excluding hydrogens is 122 g/mol. The number of piperidine rings is 1. The third kappa shape index (κ3) is 1.07. The van der Waals surface area contributed by atoms with Crippen molar-refractivity contribution in [3.05, 3.63) is 6.42 Å². The van der Waals surface area contributed by atoms with Gasteiger partial charge < -0.3 is 5.32 Å². The molecule has 2 fully saturated rings. The Morgan fingerprint density at radius 1 is 1.10 bits per heavy atom. The Labute approximate surface area is 63.2 Å². The van der Waals surface area contributed by atoms with Crippen LogP contribution in [0.15, 0.2) is 0 Å². The summed E-state index contributed by atoms with van der Waals surface area (Å²) in [5.74, 6) is 0. The minimum absolute atomic E-state index is 0.498. The molecule has 1 heterocycles. The molecule has 1 heteroatoms. The van der Waals surface area contributed by atoms with Crippen molar-refractivity contribution in [1.82, 2.24) is 5.32 Å². The van der Waals surface area contributed by atoms with Crippen molar-refractivity contribution in [2.45, 2.75) is 44.1 Å². The van der Waals surface area contributed by atoms with E-state index >= 15 is 0 Å². The van der Waals surface area contributed by atoms with E-state index in [4.69, 9.17) is 0 Å². The molecule has 1 nitrogen and oxygen atoms in total. The molecule has 2 rings (SSSR count). The molecule has 10 heavy (non-hydrogen) atoms. The average Bonchev–Trinajstić information content (AvgIpc) is 2.39. The second-order valence-corrected chi connectivity index (χ2v) is 3.64. The summed E-state index contributed by atoms with van der Waals surface area (Å²) in [5.41, 5.74) is 0.498. The molecule has 0 bridgehead atoms. The first-order chi connectivity index (χ1) is 4.91. The minimum atomic E-state index is 0.498. The zero-order valence-electron chi connectivity index (χ0n) is 6.53. The summed E-state index contributed by atoms with van der Waals surface area (Å²) in [6.07, 6.45) is 10.9. The molecule has 1 aliphatic heterocycles. The Kier molecular flexibility index (Phi) is 1.69. The van der Waals surface area contributed by atoms with Crippen molar-refractivity contribution in [2.24, 2.45) is 0 Å². The van der Waals surface area contributed by atoms with Gasteiger partial charge in [-0.2, -0.15) is 0 Å². The molecule has 0 aromatic heterocycles. The molecule has 1 atom stereocenters. The lowest BCUT2D eigenvalue weighted by atomic mass is 9.88. The van der Waals surface area contributed by atoms with Crippen LogP contribution in [0, 0.1) is 6.42 Å². The van der Waals surface area contributed by atoms with Gasteiger partial charge in [0.05, 0.1) is 0 Å². The van der Waals surface area contributed by atoms with Gasteiger partial charge in [0, 0.05) is 5.54 Å². The van der Waals surface area contributed by atoms with Crippen LogP contribution in [0.1, 0.15) is 38.5 Å². The fourth-order valence-corrected chi connectivity index (χ4v) is 2.28. The Morgan fingerprint density at radius 2 is 2.00 bits per heavy atom. The lowest BCUT2D eigenvalue weighted by molar-refractivity contribution is 0.301. The smallest absolute Gasteiger partial charge is 0.0213 e. The van der Waals surface area contributed by atoms with Crippen LogP contribution in [0.2, 0.25) is 0 Å². The summed E-state index contributed by atoms with van der Waals surface area (Å²) in [6, 6.07) is 0. The molecule has 1 saturated heterocycles. The van der Waals surface area contributed by atoms with Crippen molar-refractivity contribution < 1.29 is 0 Å². The van der Waals surface area contributed by atoms with Crippen LogP contribution in [0.3, 0.4) is 0 Å². The number of hydrogen-bond donors (Lipinski definition) is 1. The standard InChI is InChI=1S/C9H16N/c1-2-6-9(5-1)7-3-4-8-10-9/h5,10H,1-4,6-8H2. The second-order valence-electron chi connectivity index (χ2n) is 3.64. The van der Waals surface area contributed by atoms with E-state index in [0.29, 0.717) is 5.54 Å². The van der Waals surface area contributed by atoms with Crippen LogP contribution >= 0.6 is 0 Å². The molecule has 57 valence electrons. The number of rotatable bonds is 0. The molecule has 1 N–H and O–H groups in total. The predicted molar refractivity (Wildman–Crippen MR) is 42.7 cm³/mol. The molecule has 0 amide bonds. The van der Waals surface area contributed by atoms with Crippen molar-refractivity contribution >= 4 is 0 Å². The molecule has 0 aromatic rings. The predicted octanol–water partition coefficient (Wildman–Crippen LogP) is 1.89. The number of hydrogen-bond acceptors (Lipinski definition) is 1. The van der Waals surface area contributed by atoms with Crippen molar-refractivity contribution in [3.63, 3.8) is 0 Å². The lowest BCUT2D eigenvalue weighted by Crippen LogP contribution is -2.46. The summed E-state index contributed by atoms with van der Waals surface area (Å²) in [5, 5.41) is 3.64. The van der Waals surface area contributed by atoms with Gasteiger partial charge in [-0.3, -0.25) is 0 Å². The van der Waals surface area contributed by atoms with Crippen molar-refractivity contribution in [3.8, 4) is 0 Å². The van der Waals surface area contributed by atoms with Gasteiger partial charge in [0.2, 0.25) is 0 Å². The zero-order chi connectivity index (χ0) is 6.86. The van der Waals surface area contributed by atoms with Gasteiger partial charge in [-0.25, -0.2) is 0 Å². The highest BCUT2D eigenvalue weighted by molar-refractivity contribution is 5.06. The van der Waals surface area contributed by atoms with E-state index in [2.05, 4.69) is 11.7 Å². The van der Waals surface area contributed by atoms with E-state index in [1.165, 1.54) is 45.1 Å². The fraction of sp³-hybridized carbons (Fsp3) is 0.889. The SMILES string of the molecule is [CH]1CCCC12CCCCN2. The quantitative estimate of drug-likeness (QED) is 0.539. The molecule has 1 saturated carbocycles. The average molecular weight is 138 g/mol. The molecule has 0 aromatic carbocycles. The maximum atomic E-state index is 3.64. The molecule has 1 unspecified atom stereocenters. The molecular formula is C9H16N. The Bertz CT molecular complexity index is 106. The van der Waals surface area contributed by atoms with Crippen LogP contribution in [-0.2, 0) is 0 Å². The molecule has 2 aliphatic rings. The van der Waals surface area contributed by atoms with Crippen LogP contribution in [0.5, 0.6) is 0 Å². The topological polar surface area (TPSA) is 12.0 Å². The number of nitrogens with one attached hydrogen (secondary N) is 1. The monoisotopic (exact) mass is 138 g/mol. The largest absolute Gasteiger partial charge is 0.311 e. The van der Waals surface area contributed by atoms with Gasteiger partial charge in [-0.05, 0) is 38.6 Å². The minimum Gasteiger partial charge on any atom is -0.311 e. The van der Waals surface area contributed by atoms with E-state index < -0.39 is 0 Å². The van der Waals surface area contributed by atoms with Crippen LogP contribution in [0.25, 0.3) is 0 Å². The molecule has 1 radical (unpaired) electrons. The fourth-order valence-electron chi connectivity index (χ4n) is 2.28. The van der Waals surface area contributed by atoms with E-state index in [1.54, 1.807) is 0 Å². The summed E-state index contributed by atoms with van der Waals surface area (Å²) in [7, 11) is 0. The highest BCUT2D eigenvalue weighted by Crippen LogP contribution is 2.34. The summed E-state index contributed by atoms with van der Waals surface area (Å²) in [6.45, 7) is 1.25. The van der Waals surface area contributed by atoms with Crippen LogP contribution < -0.4 is 5.32 Å². The first-order valence-electron chi connectivity index (χ1n) is 4.51. The maximum Gasteiger partial charge on any atom is 0.0213 e. The summed E-state index contributed by atoms with van der Waals surface area (Å²) >= 11 is 0. The highest BCUT2D eigenvalue weighted by Gasteiger charge is 2.34. The Morgan fingerprint density at radius 3 is 2.60 bits per heavy atom. The van der Waals surface area contributed by atoms with E-state index in [0.717, 1.165) is 0 Å². The third-order valence-electron chi connectivity index (χ3n) is 2.89. The normalized spacial score (nSPS) is 31.2. The highest BCUT2D eigenvalue weighted by atomic mass is 15.0. The third-order valence-corrected chi connectivity index (χ3v) is 2.89. The first-order valence-corrected chi connectivity index (χ1v) is 4.51. The van der Waals surface area contributed by atoms with Crippen LogP contribution in [0.4, 0.5) is 0 Å². The lowest BCUT2D eigenvalue weighted by Gasteiger charge is -2.34.